The fraction of sp³-hybridized carbons (Fsp3) is 0.457. The first-order chi connectivity index (χ1) is 25.2. The second-order valence-electron chi connectivity index (χ2n) is 14.5. The Morgan fingerprint density at radius 2 is 0.784 bits per heavy atom. The summed E-state index contributed by atoms with van der Waals surface area (Å²) in [6, 6.07) is 13.3. The van der Waals surface area contributed by atoms with Gasteiger partial charge in [-0.3, -0.25) is 4.98 Å². The Kier molecular flexibility index (Phi) is 13.5. The lowest BCUT2D eigenvalue weighted by atomic mass is 10.0. The Morgan fingerprint density at radius 1 is 0.412 bits per heavy atom. The van der Waals surface area contributed by atoms with Crippen LogP contribution in [0.25, 0.3) is 57.5 Å². The van der Waals surface area contributed by atoms with Crippen LogP contribution in [0.5, 0.6) is 0 Å². The maximum absolute atomic E-state index is 5.42. The predicted molar refractivity (Wildman–Crippen MR) is 219 cm³/mol. The zero-order chi connectivity index (χ0) is 35.3. The van der Waals surface area contributed by atoms with E-state index >= 15 is 0 Å². The van der Waals surface area contributed by atoms with E-state index in [2.05, 4.69) is 96.4 Å². The summed E-state index contributed by atoms with van der Waals surface area (Å²) in [5.74, 6) is 0. The molecule has 0 saturated carbocycles. The summed E-state index contributed by atoms with van der Waals surface area (Å²) in [5, 5.41) is 0. The highest BCUT2D eigenvalue weighted by Gasteiger charge is 2.17. The summed E-state index contributed by atoms with van der Waals surface area (Å²) >= 11 is 0. The van der Waals surface area contributed by atoms with Gasteiger partial charge in [0.2, 0.25) is 0 Å². The first-order valence-electron chi connectivity index (χ1n) is 20.2. The van der Waals surface area contributed by atoms with E-state index in [4.69, 9.17) is 9.97 Å². The molecule has 0 unspecified atom stereocenters. The molecule has 4 aromatic rings. The van der Waals surface area contributed by atoms with E-state index in [9.17, 15) is 0 Å². The Bertz CT molecular complexity index is 1830. The number of fused-ring (bicyclic) bond motifs is 8. The summed E-state index contributed by atoms with van der Waals surface area (Å²) in [7, 11) is 0. The minimum absolute atomic E-state index is 0.999. The maximum atomic E-state index is 5.42. The SMILES string of the molecule is CCCCCCCc1c2nc(c(CCCCCCC)c3ccc([nH]3)c(-c3ccncc3)c3ccc([nH]3)c(CCCCCCC)c3nc1C=C3)C=C2. The number of aryl methyl sites for hydroxylation is 2. The molecule has 0 amide bonds. The number of hydrogen-bond donors (Lipinski definition) is 2. The highest BCUT2D eigenvalue weighted by molar-refractivity contribution is 5.94. The quantitative estimate of drug-likeness (QED) is 0.0836. The summed E-state index contributed by atoms with van der Waals surface area (Å²) in [6.45, 7) is 6.86. The van der Waals surface area contributed by atoms with E-state index < -0.39 is 0 Å². The van der Waals surface area contributed by atoms with Gasteiger partial charge in [0, 0.05) is 56.7 Å². The van der Waals surface area contributed by atoms with Gasteiger partial charge in [0.05, 0.1) is 22.8 Å². The standard InChI is InChI=1S/C46H59N5/c1-4-7-10-13-16-19-35-38-22-24-40(48-38)36(20-17-14-11-8-5-2)42-26-28-44(50-42)46(34-30-32-47-33-31-34)45-29-27-43(51-45)37(21-18-15-12-9-6-3)41-25-23-39(35)49-41/h22-33,50-51H,4-21H2,1-3H3. The van der Waals surface area contributed by atoms with Crippen LogP contribution in [0, 0.1) is 0 Å². The van der Waals surface area contributed by atoms with Gasteiger partial charge in [0.25, 0.3) is 0 Å². The third-order valence-corrected chi connectivity index (χ3v) is 10.6. The molecule has 4 aromatic heterocycles. The Balaban J connectivity index is 1.58. The van der Waals surface area contributed by atoms with Crippen LogP contribution >= 0.6 is 0 Å². The van der Waals surface area contributed by atoms with Crippen LogP contribution in [0.15, 0.2) is 48.8 Å². The Morgan fingerprint density at radius 3 is 1.22 bits per heavy atom. The molecular weight excluding hydrogens is 623 g/mol. The normalized spacial score (nSPS) is 12.3. The summed E-state index contributed by atoms with van der Waals surface area (Å²) in [6.07, 6.45) is 34.5. The fourth-order valence-corrected chi connectivity index (χ4v) is 7.71. The van der Waals surface area contributed by atoms with Gasteiger partial charge in [-0.2, -0.15) is 0 Å². The van der Waals surface area contributed by atoms with Gasteiger partial charge in [-0.15, -0.1) is 0 Å². The average molecular weight is 682 g/mol. The lowest BCUT2D eigenvalue weighted by Gasteiger charge is -2.07. The van der Waals surface area contributed by atoms with Crippen LogP contribution < -0.4 is 0 Å². The topological polar surface area (TPSA) is 70.2 Å². The molecule has 0 atom stereocenters. The summed E-state index contributed by atoms with van der Waals surface area (Å²) in [4.78, 5) is 23.0. The molecule has 0 aromatic carbocycles. The highest BCUT2D eigenvalue weighted by atomic mass is 14.8. The Hall–Kier alpha value is -4.25. The van der Waals surface area contributed by atoms with Gasteiger partial charge in [-0.05, 0) is 105 Å². The van der Waals surface area contributed by atoms with Crippen molar-refractivity contribution in [2.45, 2.75) is 136 Å². The lowest BCUT2D eigenvalue weighted by Crippen LogP contribution is -1.97. The highest BCUT2D eigenvalue weighted by Crippen LogP contribution is 2.32. The molecule has 2 aliphatic heterocycles. The number of hydrogen-bond acceptors (Lipinski definition) is 3. The predicted octanol–water partition coefficient (Wildman–Crippen LogP) is 13.3. The van der Waals surface area contributed by atoms with Gasteiger partial charge in [0.1, 0.15) is 0 Å². The molecule has 2 N–H and O–H groups in total. The first kappa shape index (κ1) is 36.5. The minimum Gasteiger partial charge on any atom is -0.355 e. The number of aromatic nitrogens is 5. The molecule has 8 bridgehead atoms. The molecule has 51 heavy (non-hydrogen) atoms. The van der Waals surface area contributed by atoms with Crippen molar-refractivity contribution in [2.24, 2.45) is 0 Å². The van der Waals surface area contributed by atoms with Crippen LogP contribution in [-0.2, 0) is 19.3 Å². The van der Waals surface area contributed by atoms with Crippen LogP contribution in [0.4, 0.5) is 0 Å². The van der Waals surface area contributed by atoms with E-state index in [0.717, 1.165) is 94.5 Å². The molecule has 5 heteroatoms. The monoisotopic (exact) mass is 681 g/mol. The van der Waals surface area contributed by atoms with Crippen LogP contribution in [0.3, 0.4) is 0 Å². The van der Waals surface area contributed by atoms with E-state index in [0.29, 0.717) is 0 Å². The van der Waals surface area contributed by atoms with Crippen LogP contribution in [0.2, 0.25) is 0 Å². The second kappa shape index (κ2) is 18.8. The molecule has 5 nitrogen and oxygen atoms in total. The maximum Gasteiger partial charge on any atom is 0.0691 e. The third-order valence-electron chi connectivity index (χ3n) is 10.6. The van der Waals surface area contributed by atoms with Crippen LogP contribution in [-0.4, -0.2) is 24.9 Å². The molecule has 0 spiro atoms. The van der Waals surface area contributed by atoms with Gasteiger partial charge < -0.3 is 9.97 Å². The second-order valence-corrected chi connectivity index (χ2v) is 14.5. The third kappa shape index (κ3) is 9.36. The van der Waals surface area contributed by atoms with Gasteiger partial charge in [0.15, 0.2) is 0 Å². The molecule has 268 valence electrons. The molecule has 0 radical (unpaired) electrons. The number of rotatable bonds is 19. The van der Waals surface area contributed by atoms with Gasteiger partial charge in [-0.1, -0.05) is 97.8 Å². The number of aromatic amines is 2. The number of H-pyrrole nitrogens is 2. The minimum atomic E-state index is 0.999. The molecule has 6 rings (SSSR count). The van der Waals surface area contributed by atoms with Crippen molar-refractivity contribution in [3.05, 3.63) is 88.3 Å². The summed E-state index contributed by atoms with van der Waals surface area (Å²) in [5.41, 5.74) is 15.0. The van der Waals surface area contributed by atoms with E-state index in [1.807, 2.05) is 12.4 Å². The van der Waals surface area contributed by atoms with Crippen molar-refractivity contribution >= 4 is 46.4 Å². The Labute approximate surface area is 306 Å². The van der Waals surface area contributed by atoms with Crippen molar-refractivity contribution in [3.63, 3.8) is 0 Å². The van der Waals surface area contributed by atoms with Gasteiger partial charge >= 0.3 is 0 Å². The molecule has 0 aliphatic carbocycles. The average Bonchev–Trinajstić information content (AvgIpc) is 3.99. The molecule has 0 saturated heterocycles. The van der Waals surface area contributed by atoms with Crippen molar-refractivity contribution in [2.75, 3.05) is 0 Å². The zero-order valence-corrected chi connectivity index (χ0v) is 31.5. The van der Waals surface area contributed by atoms with Crippen molar-refractivity contribution < 1.29 is 0 Å². The van der Waals surface area contributed by atoms with Crippen molar-refractivity contribution in [1.82, 2.24) is 24.9 Å². The zero-order valence-electron chi connectivity index (χ0n) is 31.5. The largest absolute Gasteiger partial charge is 0.355 e. The number of nitrogens with one attached hydrogen (secondary N) is 2. The van der Waals surface area contributed by atoms with E-state index in [1.165, 1.54) is 93.7 Å². The smallest absolute Gasteiger partial charge is 0.0691 e. The fourth-order valence-electron chi connectivity index (χ4n) is 7.71. The lowest BCUT2D eigenvalue weighted by molar-refractivity contribution is 0.630. The number of pyridine rings is 1. The summed E-state index contributed by atoms with van der Waals surface area (Å²) < 4.78 is 0. The molecule has 2 aliphatic rings. The number of unbranched alkanes of at least 4 members (excludes halogenated alkanes) is 12. The van der Waals surface area contributed by atoms with Crippen molar-refractivity contribution in [1.29, 1.82) is 0 Å². The number of nitrogens with zero attached hydrogens (tertiary/aromatic N) is 3. The van der Waals surface area contributed by atoms with Crippen molar-refractivity contribution in [3.8, 4) is 11.1 Å². The molecule has 0 fully saturated rings. The van der Waals surface area contributed by atoms with Gasteiger partial charge in [-0.25, -0.2) is 9.97 Å². The van der Waals surface area contributed by atoms with Crippen LogP contribution in [0.1, 0.15) is 157 Å². The van der Waals surface area contributed by atoms with E-state index in [-0.39, 0.29) is 0 Å². The first-order valence-corrected chi connectivity index (χ1v) is 20.2. The molecule has 6 heterocycles. The van der Waals surface area contributed by atoms with E-state index in [1.54, 1.807) is 0 Å². The molecular formula is C46H59N5.